The molecule has 0 amide bonds. The van der Waals surface area contributed by atoms with E-state index in [-0.39, 0.29) is 22.3 Å². The van der Waals surface area contributed by atoms with Crippen LogP contribution in [0.2, 0.25) is 5.02 Å². The predicted octanol–water partition coefficient (Wildman–Crippen LogP) is 6.57. The van der Waals surface area contributed by atoms with Crippen LogP contribution in [0, 0.1) is 5.92 Å². The van der Waals surface area contributed by atoms with Gasteiger partial charge in [-0.15, -0.1) is 0 Å². The summed E-state index contributed by atoms with van der Waals surface area (Å²) in [5.41, 5.74) is 0.101. The number of aromatic nitrogens is 2. The number of benzene rings is 1. The quantitative estimate of drug-likeness (QED) is 0.430. The molecule has 1 saturated carbocycles. The van der Waals surface area contributed by atoms with Gasteiger partial charge in [0.2, 0.25) is 5.95 Å². The first kappa shape index (κ1) is 25.9. The summed E-state index contributed by atoms with van der Waals surface area (Å²) in [6, 6.07) is 8.91. The first-order chi connectivity index (χ1) is 16.6. The van der Waals surface area contributed by atoms with Gasteiger partial charge >= 0.3 is 6.18 Å². The number of hydrogen-bond donors (Lipinski definition) is 2. The first-order valence-corrected chi connectivity index (χ1v) is 13.0. The molecule has 2 N–H and O–H groups in total. The van der Waals surface area contributed by atoms with E-state index in [4.69, 9.17) is 23.8 Å². The SMILES string of the molecule is CC1CCN(c2cc(C(F)(F)F)nc(NC(=S)NCC3(c4ccc(Cl)cc4)CCCCC3)n2)CC1. The highest BCUT2D eigenvalue weighted by atomic mass is 35.5. The number of piperidine rings is 1. The summed E-state index contributed by atoms with van der Waals surface area (Å²) in [5.74, 6) is 0.682. The minimum atomic E-state index is -4.58. The largest absolute Gasteiger partial charge is 0.433 e. The third kappa shape index (κ3) is 6.55. The van der Waals surface area contributed by atoms with E-state index in [0.717, 1.165) is 44.6 Å². The highest BCUT2D eigenvalue weighted by molar-refractivity contribution is 7.80. The van der Waals surface area contributed by atoms with Crippen molar-refractivity contribution in [3.05, 3.63) is 46.6 Å². The van der Waals surface area contributed by atoms with Crippen LogP contribution in [-0.4, -0.2) is 34.7 Å². The number of rotatable bonds is 5. The van der Waals surface area contributed by atoms with Gasteiger partial charge in [0.1, 0.15) is 5.82 Å². The molecule has 0 bridgehead atoms. The Balaban J connectivity index is 1.49. The molecule has 5 nitrogen and oxygen atoms in total. The Bertz CT molecular complexity index is 1020. The lowest BCUT2D eigenvalue weighted by molar-refractivity contribution is -0.141. The van der Waals surface area contributed by atoms with E-state index in [1.165, 1.54) is 12.0 Å². The van der Waals surface area contributed by atoms with Crippen LogP contribution in [0.4, 0.5) is 24.9 Å². The molecule has 1 aliphatic heterocycles. The molecular weight excluding hydrogens is 495 g/mol. The van der Waals surface area contributed by atoms with Crippen LogP contribution >= 0.6 is 23.8 Å². The standard InChI is InChI=1S/C25H31ClF3N5S/c1-17-9-13-34(14-10-17)21-15-20(25(27,28)29)31-22(32-21)33-23(35)30-16-24(11-3-2-4-12-24)18-5-7-19(26)8-6-18/h5-8,15,17H,2-4,9-14,16H2,1H3,(H2,30,31,32,33,35). The van der Waals surface area contributed by atoms with Crippen LogP contribution in [0.3, 0.4) is 0 Å². The number of anilines is 2. The average Bonchev–Trinajstić information content (AvgIpc) is 2.83. The normalized spacial score (nSPS) is 18.8. The van der Waals surface area contributed by atoms with Crippen molar-refractivity contribution in [3.8, 4) is 0 Å². The predicted molar refractivity (Wildman–Crippen MR) is 138 cm³/mol. The lowest BCUT2D eigenvalue weighted by atomic mass is 9.69. The molecule has 0 unspecified atom stereocenters. The maximum Gasteiger partial charge on any atom is 0.433 e. The van der Waals surface area contributed by atoms with Gasteiger partial charge < -0.3 is 15.5 Å². The Hall–Kier alpha value is -2.13. The smallest absolute Gasteiger partial charge is 0.361 e. The molecule has 35 heavy (non-hydrogen) atoms. The molecule has 1 aliphatic carbocycles. The summed E-state index contributed by atoms with van der Waals surface area (Å²) in [6.07, 6.45) is 2.67. The number of thiocarbonyl (C=S) groups is 1. The molecule has 190 valence electrons. The fourth-order valence-electron chi connectivity index (χ4n) is 5.03. The van der Waals surface area contributed by atoms with Gasteiger partial charge in [-0.1, -0.05) is 49.9 Å². The van der Waals surface area contributed by atoms with Crippen molar-refractivity contribution in [3.63, 3.8) is 0 Å². The number of halogens is 4. The molecule has 2 aliphatic rings. The monoisotopic (exact) mass is 525 g/mol. The molecule has 0 spiro atoms. The Labute approximate surface area is 214 Å². The van der Waals surface area contributed by atoms with Crippen molar-refractivity contribution in [2.24, 2.45) is 5.92 Å². The van der Waals surface area contributed by atoms with Crippen LogP contribution in [0.5, 0.6) is 0 Å². The second kappa shape index (κ2) is 10.9. The number of hydrogen-bond acceptors (Lipinski definition) is 4. The van der Waals surface area contributed by atoms with Crippen LogP contribution in [0.1, 0.15) is 63.1 Å². The molecular formula is C25H31ClF3N5S. The molecule has 2 aromatic rings. The highest BCUT2D eigenvalue weighted by Gasteiger charge is 2.36. The molecule has 0 radical (unpaired) electrons. The molecule has 2 heterocycles. The molecule has 1 aromatic carbocycles. The van der Waals surface area contributed by atoms with Gasteiger partial charge in [-0.25, -0.2) is 4.98 Å². The van der Waals surface area contributed by atoms with E-state index in [1.54, 1.807) is 0 Å². The van der Waals surface area contributed by atoms with E-state index in [9.17, 15) is 13.2 Å². The molecule has 2 fully saturated rings. The molecule has 1 aromatic heterocycles. The van der Waals surface area contributed by atoms with E-state index in [2.05, 4.69) is 27.5 Å². The minimum Gasteiger partial charge on any atom is -0.361 e. The highest BCUT2D eigenvalue weighted by Crippen LogP contribution is 2.39. The van der Waals surface area contributed by atoms with Crippen LogP contribution < -0.4 is 15.5 Å². The van der Waals surface area contributed by atoms with Gasteiger partial charge in [0.05, 0.1) is 0 Å². The van der Waals surface area contributed by atoms with Crippen LogP contribution in [0.25, 0.3) is 0 Å². The molecule has 10 heteroatoms. The third-order valence-corrected chi connectivity index (χ3v) is 7.69. The maximum absolute atomic E-state index is 13.6. The molecule has 1 saturated heterocycles. The summed E-state index contributed by atoms with van der Waals surface area (Å²) >= 11 is 11.5. The van der Waals surface area contributed by atoms with E-state index in [0.29, 0.717) is 30.6 Å². The van der Waals surface area contributed by atoms with Gasteiger partial charge in [-0.05, 0) is 61.5 Å². The molecule has 0 atom stereocenters. The number of nitrogens with zero attached hydrogens (tertiary/aromatic N) is 3. The number of alkyl halides is 3. The maximum atomic E-state index is 13.6. The Morgan fingerprint density at radius 2 is 1.77 bits per heavy atom. The lowest BCUT2D eigenvalue weighted by Gasteiger charge is -2.38. The Morgan fingerprint density at radius 1 is 1.11 bits per heavy atom. The minimum absolute atomic E-state index is 0.112. The van der Waals surface area contributed by atoms with E-state index >= 15 is 0 Å². The zero-order chi connectivity index (χ0) is 25.1. The second-order valence-corrected chi connectivity index (χ2v) is 10.6. The topological polar surface area (TPSA) is 53.1 Å². The zero-order valence-corrected chi connectivity index (χ0v) is 21.4. The van der Waals surface area contributed by atoms with Gasteiger partial charge in [0.15, 0.2) is 10.8 Å². The Kier molecular flexibility index (Phi) is 8.06. The lowest BCUT2D eigenvalue weighted by Crippen LogP contribution is -2.43. The van der Waals surface area contributed by atoms with Crippen LogP contribution in [0.15, 0.2) is 30.3 Å². The number of nitrogens with one attached hydrogen (secondary N) is 2. The Morgan fingerprint density at radius 3 is 2.40 bits per heavy atom. The summed E-state index contributed by atoms with van der Waals surface area (Å²) < 4.78 is 40.7. The van der Waals surface area contributed by atoms with Crippen molar-refractivity contribution in [2.75, 3.05) is 29.9 Å². The summed E-state index contributed by atoms with van der Waals surface area (Å²) in [4.78, 5) is 9.98. The van der Waals surface area contributed by atoms with E-state index in [1.807, 2.05) is 29.2 Å². The summed E-state index contributed by atoms with van der Waals surface area (Å²) in [5, 5.41) is 6.94. The van der Waals surface area contributed by atoms with Gasteiger partial charge in [-0.2, -0.15) is 18.2 Å². The summed E-state index contributed by atoms with van der Waals surface area (Å²) in [7, 11) is 0. The second-order valence-electron chi connectivity index (χ2n) is 9.76. The van der Waals surface area contributed by atoms with E-state index < -0.39 is 11.9 Å². The van der Waals surface area contributed by atoms with Crippen molar-refractivity contribution >= 4 is 40.7 Å². The van der Waals surface area contributed by atoms with Crippen LogP contribution in [-0.2, 0) is 11.6 Å². The average molecular weight is 526 g/mol. The zero-order valence-electron chi connectivity index (χ0n) is 19.8. The first-order valence-electron chi connectivity index (χ1n) is 12.2. The van der Waals surface area contributed by atoms with Crippen molar-refractivity contribution in [1.82, 2.24) is 15.3 Å². The van der Waals surface area contributed by atoms with Gasteiger partial charge in [0, 0.05) is 36.1 Å². The van der Waals surface area contributed by atoms with Gasteiger partial charge in [0.25, 0.3) is 0 Å². The molecule has 4 rings (SSSR count). The fourth-order valence-corrected chi connectivity index (χ4v) is 5.32. The van der Waals surface area contributed by atoms with Crippen molar-refractivity contribution in [2.45, 2.75) is 63.5 Å². The fraction of sp³-hybridized carbons (Fsp3) is 0.560. The third-order valence-electron chi connectivity index (χ3n) is 7.19. The summed E-state index contributed by atoms with van der Waals surface area (Å²) in [6.45, 7) is 4.05. The van der Waals surface area contributed by atoms with Crippen molar-refractivity contribution in [1.29, 1.82) is 0 Å². The van der Waals surface area contributed by atoms with Gasteiger partial charge in [-0.3, -0.25) is 0 Å². The van der Waals surface area contributed by atoms with Crippen molar-refractivity contribution < 1.29 is 13.2 Å².